The van der Waals surface area contributed by atoms with Gasteiger partial charge in [0, 0.05) is 8.95 Å². The van der Waals surface area contributed by atoms with Crippen molar-refractivity contribution in [2.24, 2.45) is 0 Å². The number of halogens is 2. The summed E-state index contributed by atoms with van der Waals surface area (Å²) in [6.07, 6.45) is 0. The van der Waals surface area contributed by atoms with Crippen LogP contribution in [0.1, 0.15) is 26.3 Å². The lowest BCUT2D eigenvalue weighted by molar-refractivity contribution is -0.152. The van der Waals surface area contributed by atoms with E-state index in [0.717, 1.165) is 20.2 Å². The highest BCUT2D eigenvalue weighted by molar-refractivity contribution is 9.11. The van der Waals surface area contributed by atoms with Crippen LogP contribution in [0.3, 0.4) is 0 Å². The largest absolute Gasteiger partial charge is 0.459 e. The number of ether oxygens (including phenoxy) is 1. The topological polar surface area (TPSA) is 38.3 Å². The third-order valence-corrected chi connectivity index (χ3v) is 3.27. The SMILES string of the molecule is Cc1cc(Br)c(NCC(=O)OC(C)(C)C)c(Br)c1. The van der Waals surface area contributed by atoms with E-state index in [1.54, 1.807) is 0 Å². The molecule has 0 unspecified atom stereocenters. The van der Waals surface area contributed by atoms with Crippen molar-refractivity contribution in [1.29, 1.82) is 0 Å². The van der Waals surface area contributed by atoms with Crippen LogP contribution in [0.25, 0.3) is 0 Å². The van der Waals surface area contributed by atoms with E-state index in [4.69, 9.17) is 4.74 Å². The summed E-state index contributed by atoms with van der Waals surface area (Å²) in [6, 6.07) is 3.98. The number of esters is 1. The van der Waals surface area contributed by atoms with E-state index in [0.29, 0.717) is 0 Å². The van der Waals surface area contributed by atoms with Gasteiger partial charge in [-0.25, -0.2) is 0 Å². The summed E-state index contributed by atoms with van der Waals surface area (Å²) < 4.78 is 7.06. The number of aryl methyl sites for hydroxylation is 1. The molecule has 0 radical (unpaired) electrons. The summed E-state index contributed by atoms with van der Waals surface area (Å²) in [5.41, 5.74) is 1.53. The molecule has 1 aromatic carbocycles. The fraction of sp³-hybridized carbons (Fsp3) is 0.462. The molecular weight excluding hydrogens is 362 g/mol. The molecule has 0 spiro atoms. The molecule has 1 aromatic rings. The van der Waals surface area contributed by atoms with E-state index >= 15 is 0 Å². The van der Waals surface area contributed by atoms with Gasteiger partial charge in [-0.3, -0.25) is 4.79 Å². The smallest absolute Gasteiger partial charge is 0.325 e. The molecule has 0 fully saturated rings. The zero-order valence-corrected chi connectivity index (χ0v) is 14.1. The molecule has 0 bridgehead atoms. The minimum absolute atomic E-state index is 0.136. The van der Waals surface area contributed by atoms with E-state index in [2.05, 4.69) is 37.2 Å². The Morgan fingerprint density at radius 3 is 2.22 bits per heavy atom. The van der Waals surface area contributed by atoms with E-state index in [1.165, 1.54) is 0 Å². The molecule has 0 aliphatic heterocycles. The molecule has 3 nitrogen and oxygen atoms in total. The first-order valence-electron chi connectivity index (χ1n) is 5.60. The Bertz CT molecular complexity index is 430. The van der Waals surface area contributed by atoms with Gasteiger partial charge in [-0.15, -0.1) is 0 Å². The van der Waals surface area contributed by atoms with Crippen molar-refractivity contribution < 1.29 is 9.53 Å². The van der Waals surface area contributed by atoms with Crippen molar-refractivity contribution in [2.45, 2.75) is 33.3 Å². The second-order valence-corrected chi connectivity index (χ2v) is 6.75. The highest BCUT2D eigenvalue weighted by Crippen LogP contribution is 2.32. The Labute approximate surface area is 125 Å². The van der Waals surface area contributed by atoms with Crippen LogP contribution in [0.15, 0.2) is 21.1 Å². The lowest BCUT2D eigenvalue weighted by atomic mass is 10.2. The van der Waals surface area contributed by atoms with Gasteiger partial charge in [0.05, 0.1) is 5.69 Å². The zero-order chi connectivity index (χ0) is 13.9. The van der Waals surface area contributed by atoms with Gasteiger partial charge >= 0.3 is 5.97 Å². The minimum atomic E-state index is -0.458. The average Bonchev–Trinajstić information content (AvgIpc) is 2.12. The number of rotatable bonds is 3. The van der Waals surface area contributed by atoms with Crippen molar-refractivity contribution in [3.05, 3.63) is 26.6 Å². The first kappa shape index (κ1) is 15.5. The van der Waals surface area contributed by atoms with Crippen LogP contribution < -0.4 is 5.32 Å². The van der Waals surface area contributed by atoms with Crippen LogP contribution in [0.5, 0.6) is 0 Å². The van der Waals surface area contributed by atoms with Gasteiger partial charge in [0.15, 0.2) is 0 Å². The Kier molecular flexibility index (Phi) is 5.22. The van der Waals surface area contributed by atoms with Gasteiger partial charge in [0.2, 0.25) is 0 Å². The Hall–Kier alpha value is -0.550. The molecule has 1 N–H and O–H groups in total. The van der Waals surface area contributed by atoms with E-state index in [-0.39, 0.29) is 12.5 Å². The summed E-state index contributed by atoms with van der Waals surface area (Å²) in [5, 5.41) is 3.06. The molecular formula is C13H17Br2NO2. The molecule has 0 saturated heterocycles. The van der Waals surface area contributed by atoms with Gasteiger partial charge in [0.25, 0.3) is 0 Å². The van der Waals surface area contributed by atoms with Crippen molar-refractivity contribution in [2.75, 3.05) is 11.9 Å². The number of hydrogen-bond donors (Lipinski definition) is 1. The number of hydrogen-bond acceptors (Lipinski definition) is 3. The van der Waals surface area contributed by atoms with Crippen molar-refractivity contribution in [1.82, 2.24) is 0 Å². The molecule has 18 heavy (non-hydrogen) atoms. The molecule has 100 valence electrons. The molecule has 0 aliphatic rings. The molecule has 0 amide bonds. The van der Waals surface area contributed by atoms with Crippen LogP contribution in [0, 0.1) is 6.92 Å². The van der Waals surface area contributed by atoms with Gasteiger partial charge in [-0.05, 0) is 77.3 Å². The molecule has 0 aromatic heterocycles. The van der Waals surface area contributed by atoms with E-state index < -0.39 is 5.60 Å². The van der Waals surface area contributed by atoms with Crippen LogP contribution in [-0.2, 0) is 9.53 Å². The Balaban J connectivity index is 2.67. The lowest BCUT2D eigenvalue weighted by Gasteiger charge is -2.20. The summed E-state index contributed by atoms with van der Waals surface area (Å²) in [4.78, 5) is 11.6. The predicted molar refractivity (Wildman–Crippen MR) is 80.9 cm³/mol. The van der Waals surface area contributed by atoms with Crippen LogP contribution in [-0.4, -0.2) is 18.1 Å². The van der Waals surface area contributed by atoms with Gasteiger partial charge < -0.3 is 10.1 Å². The van der Waals surface area contributed by atoms with Crippen molar-refractivity contribution in [3.8, 4) is 0 Å². The van der Waals surface area contributed by atoms with Crippen LogP contribution in [0.4, 0.5) is 5.69 Å². The molecule has 0 heterocycles. The number of carbonyl (C=O) groups excluding carboxylic acids is 1. The molecule has 5 heteroatoms. The molecule has 1 rings (SSSR count). The maximum absolute atomic E-state index is 11.6. The highest BCUT2D eigenvalue weighted by atomic mass is 79.9. The zero-order valence-electron chi connectivity index (χ0n) is 10.9. The summed E-state index contributed by atoms with van der Waals surface area (Å²) >= 11 is 6.93. The highest BCUT2D eigenvalue weighted by Gasteiger charge is 2.16. The average molecular weight is 379 g/mol. The first-order chi connectivity index (χ1) is 8.19. The maximum atomic E-state index is 11.6. The number of benzene rings is 1. The summed E-state index contributed by atoms with van der Waals surface area (Å²) in [7, 11) is 0. The maximum Gasteiger partial charge on any atom is 0.325 e. The first-order valence-corrected chi connectivity index (χ1v) is 7.19. The Morgan fingerprint density at radius 2 is 1.78 bits per heavy atom. The summed E-state index contributed by atoms with van der Waals surface area (Å²) in [5.74, 6) is -0.276. The monoisotopic (exact) mass is 377 g/mol. The third kappa shape index (κ3) is 4.98. The Morgan fingerprint density at radius 1 is 1.28 bits per heavy atom. The third-order valence-electron chi connectivity index (χ3n) is 2.02. The normalized spacial score (nSPS) is 11.2. The standard InChI is InChI=1S/C13H17Br2NO2/c1-8-5-9(14)12(10(15)6-8)16-7-11(17)18-13(2,3)4/h5-6,16H,7H2,1-4H3. The van der Waals surface area contributed by atoms with Crippen molar-refractivity contribution in [3.63, 3.8) is 0 Å². The molecule has 0 atom stereocenters. The predicted octanol–water partition coefficient (Wildman–Crippen LogP) is 4.27. The lowest BCUT2D eigenvalue weighted by Crippen LogP contribution is -2.28. The number of carbonyl (C=O) groups is 1. The fourth-order valence-electron chi connectivity index (χ4n) is 1.41. The van der Waals surface area contributed by atoms with E-state index in [1.807, 2.05) is 39.8 Å². The molecule has 0 saturated carbocycles. The number of anilines is 1. The second-order valence-electron chi connectivity index (χ2n) is 5.04. The van der Waals surface area contributed by atoms with Gasteiger partial charge in [0.1, 0.15) is 12.1 Å². The fourth-order valence-corrected chi connectivity index (χ4v) is 3.10. The molecule has 0 aliphatic carbocycles. The van der Waals surface area contributed by atoms with Crippen LogP contribution in [0.2, 0.25) is 0 Å². The van der Waals surface area contributed by atoms with Gasteiger partial charge in [-0.1, -0.05) is 0 Å². The minimum Gasteiger partial charge on any atom is -0.459 e. The van der Waals surface area contributed by atoms with Gasteiger partial charge in [-0.2, -0.15) is 0 Å². The number of nitrogens with one attached hydrogen (secondary N) is 1. The summed E-state index contributed by atoms with van der Waals surface area (Å²) in [6.45, 7) is 7.69. The van der Waals surface area contributed by atoms with E-state index in [9.17, 15) is 4.79 Å². The second kappa shape index (κ2) is 6.06. The quantitative estimate of drug-likeness (QED) is 0.798. The van der Waals surface area contributed by atoms with Crippen LogP contribution >= 0.6 is 31.9 Å². The van der Waals surface area contributed by atoms with Crippen molar-refractivity contribution >= 4 is 43.5 Å².